The first-order valence-corrected chi connectivity index (χ1v) is 10.5. The van der Waals surface area contributed by atoms with Crippen LogP contribution in [-0.2, 0) is 4.79 Å². The smallest absolute Gasteiger partial charge is 0.236 e. The Balaban J connectivity index is 1.54. The lowest BCUT2D eigenvalue weighted by molar-refractivity contribution is -0.113. The molecule has 1 aromatic heterocycles. The van der Waals surface area contributed by atoms with Crippen LogP contribution in [0.25, 0.3) is 11.3 Å². The van der Waals surface area contributed by atoms with Gasteiger partial charge in [-0.25, -0.2) is 4.98 Å². The molecule has 25 heavy (non-hydrogen) atoms. The molecule has 0 atom stereocenters. The highest BCUT2D eigenvalue weighted by atomic mass is 32.2. The third kappa shape index (κ3) is 4.80. The van der Waals surface area contributed by atoms with Crippen LogP contribution in [0, 0.1) is 13.8 Å². The van der Waals surface area contributed by atoms with Crippen LogP contribution in [0.15, 0.2) is 23.6 Å². The van der Waals surface area contributed by atoms with Crippen LogP contribution in [0.2, 0.25) is 0 Å². The fourth-order valence-electron chi connectivity index (χ4n) is 2.64. The molecule has 3 rings (SSSR count). The van der Waals surface area contributed by atoms with Gasteiger partial charge >= 0.3 is 0 Å². The van der Waals surface area contributed by atoms with E-state index in [1.54, 1.807) is 0 Å². The Kier molecular flexibility index (Phi) is 6.09. The summed E-state index contributed by atoms with van der Waals surface area (Å²) in [7, 11) is 0. The van der Waals surface area contributed by atoms with Crippen LogP contribution in [0.5, 0.6) is 0 Å². The first-order chi connectivity index (χ1) is 12.0. The van der Waals surface area contributed by atoms with Gasteiger partial charge in [-0.2, -0.15) is 0 Å². The van der Waals surface area contributed by atoms with E-state index in [1.807, 2.05) is 5.38 Å². The van der Waals surface area contributed by atoms with Crippen molar-refractivity contribution < 1.29 is 4.79 Å². The van der Waals surface area contributed by atoms with Crippen molar-refractivity contribution in [3.8, 4) is 11.3 Å². The molecule has 1 aromatic carbocycles. The number of hydrogen-bond donors (Lipinski definition) is 1. The number of aryl methyl sites for hydroxylation is 2. The van der Waals surface area contributed by atoms with Crippen LogP contribution in [0.4, 0.5) is 5.13 Å². The Morgan fingerprint density at radius 1 is 1.32 bits per heavy atom. The number of aromatic nitrogens is 1. The normalized spacial score (nSPS) is 13.9. The second-order valence-corrected chi connectivity index (χ2v) is 8.60. The van der Waals surface area contributed by atoms with E-state index >= 15 is 0 Å². The first-order valence-electron chi connectivity index (χ1n) is 8.27. The Bertz CT molecular complexity index is 782. The first kappa shape index (κ1) is 18.4. The lowest BCUT2D eigenvalue weighted by atomic mass is 10.1. The Labute approximate surface area is 162 Å². The van der Waals surface area contributed by atoms with Gasteiger partial charge in [0.2, 0.25) is 5.91 Å². The molecular formula is C18H21N3OS3. The highest BCUT2D eigenvalue weighted by Crippen LogP contribution is 2.26. The minimum atomic E-state index is -0.0625. The molecule has 7 heteroatoms. The molecule has 0 spiro atoms. The number of thiocarbonyl (C=S) groups is 1. The maximum atomic E-state index is 12.1. The summed E-state index contributed by atoms with van der Waals surface area (Å²) in [6.45, 7) is 6.21. The van der Waals surface area contributed by atoms with Gasteiger partial charge in [0, 0.05) is 24.0 Å². The highest BCUT2D eigenvalue weighted by molar-refractivity contribution is 8.23. The van der Waals surface area contributed by atoms with Gasteiger partial charge < -0.3 is 10.2 Å². The van der Waals surface area contributed by atoms with Gasteiger partial charge in [-0.1, -0.05) is 36.1 Å². The van der Waals surface area contributed by atoms with Crippen molar-refractivity contribution >= 4 is 50.7 Å². The topological polar surface area (TPSA) is 45.2 Å². The van der Waals surface area contributed by atoms with Gasteiger partial charge in [-0.15, -0.1) is 11.3 Å². The number of amides is 1. The number of rotatable bonds is 4. The van der Waals surface area contributed by atoms with E-state index in [0.29, 0.717) is 10.9 Å². The molecule has 0 bridgehead atoms. The number of anilines is 1. The third-order valence-corrected chi connectivity index (χ3v) is 6.53. The van der Waals surface area contributed by atoms with Crippen LogP contribution in [0.1, 0.15) is 24.0 Å². The molecule has 132 valence electrons. The van der Waals surface area contributed by atoms with E-state index in [0.717, 1.165) is 28.7 Å². The number of thioether (sulfide) groups is 1. The van der Waals surface area contributed by atoms with Gasteiger partial charge in [0.15, 0.2) is 5.13 Å². The zero-order chi connectivity index (χ0) is 17.8. The molecule has 1 aliphatic heterocycles. The van der Waals surface area contributed by atoms with Crippen LogP contribution in [-0.4, -0.2) is 39.0 Å². The number of benzene rings is 1. The van der Waals surface area contributed by atoms with Crippen molar-refractivity contribution in [1.29, 1.82) is 0 Å². The van der Waals surface area contributed by atoms with E-state index in [-0.39, 0.29) is 5.91 Å². The second kappa shape index (κ2) is 8.29. The zero-order valence-electron chi connectivity index (χ0n) is 14.4. The van der Waals surface area contributed by atoms with E-state index in [9.17, 15) is 4.79 Å². The molecule has 0 radical (unpaired) electrons. The molecule has 1 amide bonds. The standard InChI is InChI=1S/C18H21N3OS3/c1-12-5-6-14(9-13(12)2)15-10-24-17(19-15)20-16(22)11-25-18(23)21-7-3-4-8-21/h5-6,9-10H,3-4,7-8,11H2,1-2H3,(H,19,20,22). The maximum Gasteiger partial charge on any atom is 0.236 e. The minimum absolute atomic E-state index is 0.0625. The number of likely N-dealkylation sites (tertiary alicyclic amines) is 1. The molecule has 1 N–H and O–H groups in total. The average molecular weight is 392 g/mol. The zero-order valence-corrected chi connectivity index (χ0v) is 16.8. The average Bonchev–Trinajstić information content (AvgIpc) is 3.27. The van der Waals surface area contributed by atoms with Gasteiger partial charge in [-0.3, -0.25) is 4.79 Å². The summed E-state index contributed by atoms with van der Waals surface area (Å²) in [4.78, 5) is 18.8. The Morgan fingerprint density at radius 3 is 2.80 bits per heavy atom. The SMILES string of the molecule is Cc1ccc(-c2csc(NC(=O)CSC(=S)N3CCCC3)n2)cc1C. The van der Waals surface area contributed by atoms with E-state index in [2.05, 4.69) is 47.2 Å². The molecule has 1 saturated heterocycles. The highest BCUT2D eigenvalue weighted by Gasteiger charge is 2.16. The predicted octanol–water partition coefficient (Wildman–Crippen LogP) is 4.48. The quantitative estimate of drug-likeness (QED) is 0.779. The summed E-state index contributed by atoms with van der Waals surface area (Å²) in [6.07, 6.45) is 2.38. The lowest BCUT2D eigenvalue weighted by Gasteiger charge is -2.17. The number of nitrogens with zero attached hydrogens (tertiary/aromatic N) is 2. The van der Waals surface area contributed by atoms with Crippen LogP contribution >= 0.6 is 35.3 Å². The van der Waals surface area contributed by atoms with Crippen molar-refractivity contribution in [3.05, 3.63) is 34.7 Å². The van der Waals surface area contributed by atoms with Crippen molar-refractivity contribution in [2.75, 3.05) is 24.2 Å². The molecule has 2 aromatic rings. The summed E-state index contributed by atoms with van der Waals surface area (Å²) in [6, 6.07) is 6.28. The Hall–Kier alpha value is -1.44. The number of thiazole rings is 1. The molecule has 0 saturated carbocycles. The van der Waals surface area contributed by atoms with Crippen molar-refractivity contribution in [2.45, 2.75) is 26.7 Å². The fraction of sp³-hybridized carbons (Fsp3) is 0.389. The van der Waals surface area contributed by atoms with Gasteiger partial charge in [0.1, 0.15) is 4.32 Å². The van der Waals surface area contributed by atoms with Crippen LogP contribution in [0.3, 0.4) is 0 Å². The van der Waals surface area contributed by atoms with Crippen molar-refractivity contribution in [3.63, 3.8) is 0 Å². The number of carbonyl (C=O) groups excluding carboxylic acids is 1. The monoisotopic (exact) mass is 391 g/mol. The molecular weight excluding hydrogens is 370 g/mol. The van der Waals surface area contributed by atoms with Crippen molar-refractivity contribution in [2.24, 2.45) is 0 Å². The molecule has 1 fully saturated rings. The largest absolute Gasteiger partial charge is 0.358 e. The summed E-state index contributed by atoms with van der Waals surface area (Å²) < 4.78 is 0.822. The third-order valence-electron chi connectivity index (χ3n) is 4.24. The summed E-state index contributed by atoms with van der Waals surface area (Å²) in [5.74, 6) is 0.265. The predicted molar refractivity (Wildman–Crippen MR) is 112 cm³/mol. The molecule has 0 aliphatic carbocycles. The summed E-state index contributed by atoms with van der Waals surface area (Å²) in [5.41, 5.74) is 4.47. The minimum Gasteiger partial charge on any atom is -0.358 e. The van der Waals surface area contributed by atoms with Gasteiger partial charge in [0.25, 0.3) is 0 Å². The molecule has 1 aliphatic rings. The maximum absolute atomic E-state index is 12.1. The van der Waals surface area contributed by atoms with Crippen molar-refractivity contribution in [1.82, 2.24) is 9.88 Å². The molecule has 4 nitrogen and oxygen atoms in total. The van der Waals surface area contributed by atoms with Gasteiger partial charge in [0.05, 0.1) is 11.4 Å². The number of nitrogens with one attached hydrogen (secondary N) is 1. The van der Waals surface area contributed by atoms with E-state index in [4.69, 9.17) is 12.2 Å². The number of carbonyl (C=O) groups is 1. The number of hydrogen-bond acceptors (Lipinski definition) is 5. The Morgan fingerprint density at radius 2 is 2.08 bits per heavy atom. The molecule has 2 heterocycles. The van der Waals surface area contributed by atoms with E-state index in [1.165, 1.54) is 47.1 Å². The van der Waals surface area contributed by atoms with Gasteiger partial charge in [-0.05, 0) is 43.9 Å². The van der Waals surface area contributed by atoms with E-state index < -0.39 is 0 Å². The lowest BCUT2D eigenvalue weighted by Crippen LogP contribution is -2.25. The summed E-state index contributed by atoms with van der Waals surface area (Å²) in [5, 5.41) is 5.48. The second-order valence-electron chi connectivity index (χ2n) is 6.13. The van der Waals surface area contributed by atoms with Crippen LogP contribution < -0.4 is 5.32 Å². The summed E-state index contributed by atoms with van der Waals surface area (Å²) >= 11 is 8.26. The molecule has 0 unspecified atom stereocenters. The fourth-order valence-corrected chi connectivity index (χ4v) is 4.43.